The van der Waals surface area contributed by atoms with Crippen LogP contribution in [0.5, 0.6) is 0 Å². The highest BCUT2D eigenvalue weighted by Gasteiger charge is 2.30. The number of amides is 1. The van der Waals surface area contributed by atoms with E-state index in [1.807, 2.05) is 11.5 Å². The third kappa shape index (κ3) is 1.74. The minimum atomic E-state index is -0.931. The fourth-order valence-electron chi connectivity index (χ4n) is 2.28. The van der Waals surface area contributed by atoms with E-state index in [1.54, 1.807) is 7.05 Å². The molecule has 0 radical (unpaired) electrons. The summed E-state index contributed by atoms with van der Waals surface area (Å²) in [5.74, 6) is 1.10. The fraction of sp³-hybridized carbons (Fsp3) is 0.500. The summed E-state index contributed by atoms with van der Waals surface area (Å²) in [7, 11) is 1.69. The molecule has 0 saturated heterocycles. The number of tetrazole rings is 1. The number of fused-ring (bicyclic) bond motifs is 1. The quantitative estimate of drug-likeness (QED) is 0.823. The largest absolute Gasteiger partial charge is 0.465 e. The van der Waals surface area contributed by atoms with Gasteiger partial charge in [-0.3, -0.25) is 4.90 Å². The Balaban J connectivity index is 2.02. The van der Waals surface area contributed by atoms with Crippen molar-refractivity contribution in [3.8, 4) is 11.6 Å². The van der Waals surface area contributed by atoms with Gasteiger partial charge in [0.05, 0.1) is 31.5 Å². The van der Waals surface area contributed by atoms with Crippen LogP contribution in [-0.2, 0) is 26.7 Å². The third-order valence-electron chi connectivity index (χ3n) is 3.13. The number of nitrogens with zero attached hydrogens (tertiary/aromatic N) is 7. The van der Waals surface area contributed by atoms with Crippen LogP contribution in [-0.4, -0.2) is 45.9 Å². The van der Waals surface area contributed by atoms with Gasteiger partial charge >= 0.3 is 6.09 Å². The summed E-state index contributed by atoms with van der Waals surface area (Å²) in [5.41, 5.74) is 1.68. The minimum absolute atomic E-state index is 0.310. The van der Waals surface area contributed by atoms with Gasteiger partial charge in [-0.25, -0.2) is 9.78 Å². The van der Waals surface area contributed by atoms with E-state index in [-0.39, 0.29) is 0 Å². The Hall–Kier alpha value is -2.45. The number of imidazole rings is 1. The molecule has 1 amide bonds. The standard InChI is InChI=1S/C10H13N7O2/c1-3-17-7-5-16(10(18)19)4-6(7)11-9(17)8-12-14-15(2)13-8/h3-5H2,1-2H3,(H,18,19). The summed E-state index contributed by atoms with van der Waals surface area (Å²) in [5, 5.41) is 20.9. The van der Waals surface area contributed by atoms with Crippen molar-refractivity contribution in [3.05, 3.63) is 11.4 Å². The van der Waals surface area contributed by atoms with Gasteiger partial charge in [0.2, 0.25) is 5.82 Å². The van der Waals surface area contributed by atoms with Crippen LogP contribution >= 0.6 is 0 Å². The Bertz CT molecular complexity index is 644. The average Bonchev–Trinajstić information content (AvgIpc) is 3.00. The number of hydrogen-bond acceptors (Lipinski definition) is 5. The summed E-state index contributed by atoms with van der Waals surface area (Å²) in [6.45, 7) is 3.32. The Labute approximate surface area is 108 Å². The smallest absolute Gasteiger partial charge is 0.408 e. The molecule has 0 atom stereocenters. The molecule has 0 spiro atoms. The fourth-order valence-corrected chi connectivity index (χ4v) is 2.28. The predicted molar refractivity (Wildman–Crippen MR) is 63.0 cm³/mol. The van der Waals surface area contributed by atoms with Gasteiger partial charge in [-0.1, -0.05) is 0 Å². The van der Waals surface area contributed by atoms with Gasteiger partial charge in [0, 0.05) is 6.54 Å². The van der Waals surface area contributed by atoms with Crippen molar-refractivity contribution in [2.75, 3.05) is 0 Å². The number of rotatable bonds is 2. The van der Waals surface area contributed by atoms with Crippen LogP contribution in [0.25, 0.3) is 11.6 Å². The maximum atomic E-state index is 11.0. The van der Waals surface area contributed by atoms with Gasteiger partial charge in [-0.05, 0) is 12.1 Å². The van der Waals surface area contributed by atoms with Crippen molar-refractivity contribution in [3.63, 3.8) is 0 Å². The Morgan fingerprint density at radius 1 is 1.42 bits per heavy atom. The second kappa shape index (κ2) is 4.04. The van der Waals surface area contributed by atoms with E-state index in [2.05, 4.69) is 20.4 Å². The van der Waals surface area contributed by atoms with E-state index in [0.29, 0.717) is 31.3 Å². The molecule has 1 aliphatic rings. The highest BCUT2D eigenvalue weighted by atomic mass is 16.4. The Morgan fingerprint density at radius 2 is 2.21 bits per heavy atom. The monoisotopic (exact) mass is 263 g/mol. The van der Waals surface area contributed by atoms with Gasteiger partial charge < -0.3 is 9.67 Å². The van der Waals surface area contributed by atoms with Crippen LogP contribution in [0.15, 0.2) is 0 Å². The number of aromatic nitrogens is 6. The molecule has 9 nitrogen and oxygen atoms in total. The lowest BCUT2D eigenvalue weighted by Gasteiger charge is -2.12. The maximum Gasteiger partial charge on any atom is 0.408 e. The SMILES string of the molecule is CCn1c(-c2nnn(C)n2)nc2c1CN(C(=O)O)C2. The molecule has 2 aromatic heterocycles. The molecule has 0 fully saturated rings. The predicted octanol–water partition coefficient (Wildman–Crippen LogP) is 0.0871. The topological polar surface area (TPSA) is 102 Å². The van der Waals surface area contributed by atoms with Crippen LogP contribution in [0.3, 0.4) is 0 Å². The molecule has 2 aromatic rings. The second-order valence-electron chi connectivity index (χ2n) is 4.31. The first-order valence-corrected chi connectivity index (χ1v) is 5.90. The molecule has 3 heterocycles. The van der Waals surface area contributed by atoms with Crippen molar-refractivity contribution < 1.29 is 9.90 Å². The molecule has 100 valence electrons. The molecular formula is C10H13N7O2. The summed E-state index contributed by atoms with van der Waals surface area (Å²) < 4.78 is 1.94. The van der Waals surface area contributed by atoms with Gasteiger partial charge in [0.1, 0.15) is 0 Å². The van der Waals surface area contributed by atoms with Gasteiger partial charge in [0.25, 0.3) is 0 Å². The van der Waals surface area contributed by atoms with E-state index in [0.717, 1.165) is 11.4 Å². The van der Waals surface area contributed by atoms with E-state index in [4.69, 9.17) is 5.11 Å². The van der Waals surface area contributed by atoms with Crippen molar-refractivity contribution in [2.45, 2.75) is 26.6 Å². The number of hydrogen-bond donors (Lipinski definition) is 1. The molecule has 0 aromatic carbocycles. The lowest BCUT2D eigenvalue weighted by atomic mass is 10.4. The Kier molecular flexibility index (Phi) is 2.47. The zero-order valence-electron chi connectivity index (χ0n) is 10.6. The van der Waals surface area contributed by atoms with E-state index in [9.17, 15) is 4.79 Å². The first kappa shape index (κ1) is 11.6. The highest BCUT2D eigenvalue weighted by Crippen LogP contribution is 2.27. The summed E-state index contributed by atoms with van der Waals surface area (Å²) in [6.07, 6.45) is -0.931. The molecule has 0 aliphatic carbocycles. The average molecular weight is 263 g/mol. The zero-order chi connectivity index (χ0) is 13.6. The highest BCUT2D eigenvalue weighted by molar-refractivity contribution is 5.66. The van der Waals surface area contributed by atoms with Crippen molar-refractivity contribution in [2.24, 2.45) is 7.05 Å². The van der Waals surface area contributed by atoms with Crippen LogP contribution in [0, 0.1) is 0 Å². The van der Waals surface area contributed by atoms with E-state index < -0.39 is 6.09 Å². The van der Waals surface area contributed by atoms with Gasteiger partial charge in [-0.2, -0.15) is 4.80 Å². The molecular weight excluding hydrogens is 250 g/mol. The second-order valence-corrected chi connectivity index (χ2v) is 4.31. The molecule has 0 bridgehead atoms. The molecule has 19 heavy (non-hydrogen) atoms. The van der Waals surface area contributed by atoms with Gasteiger partial charge in [0.15, 0.2) is 5.82 Å². The van der Waals surface area contributed by atoms with Crippen LogP contribution in [0.2, 0.25) is 0 Å². The Morgan fingerprint density at radius 3 is 2.79 bits per heavy atom. The zero-order valence-corrected chi connectivity index (χ0v) is 10.6. The third-order valence-corrected chi connectivity index (χ3v) is 3.13. The minimum Gasteiger partial charge on any atom is -0.465 e. The normalized spacial score (nSPS) is 13.9. The molecule has 1 N–H and O–H groups in total. The molecule has 1 aliphatic heterocycles. The summed E-state index contributed by atoms with van der Waals surface area (Å²) in [6, 6.07) is 0. The molecule has 0 unspecified atom stereocenters. The first-order chi connectivity index (χ1) is 9.10. The summed E-state index contributed by atoms with van der Waals surface area (Å²) in [4.78, 5) is 18.1. The van der Waals surface area contributed by atoms with E-state index >= 15 is 0 Å². The van der Waals surface area contributed by atoms with Crippen molar-refractivity contribution in [1.29, 1.82) is 0 Å². The van der Waals surface area contributed by atoms with Crippen molar-refractivity contribution >= 4 is 6.09 Å². The van der Waals surface area contributed by atoms with E-state index in [1.165, 1.54) is 9.70 Å². The molecule has 9 heteroatoms. The summed E-state index contributed by atoms with van der Waals surface area (Å²) >= 11 is 0. The lowest BCUT2D eigenvalue weighted by molar-refractivity contribution is 0.144. The number of aryl methyl sites for hydroxylation is 1. The molecule has 3 rings (SSSR count). The van der Waals surface area contributed by atoms with Gasteiger partial charge in [-0.15, -0.1) is 10.2 Å². The van der Waals surface area contributed by atoms with Crippen LogP contribution in [0.1, 0.15) is 18.3 Å². The first-order valence-electron chi connectivity index (χ1n) is 5.90. The number of carboxylic acid groups (broad SMARTS) is 1. The number of carbonyl (C=O) groups is 1. The van der Waals surface area contributed by atoms with Crippen molar-refractivity contribution in [1.82, 2.24) is 34.7 Å². The maximum absolute atomic E-state index is 11.0. The molecule has 0 saturated carbocycles. The van der Waals surface area contributed by atoms with Crippen LogP contribution in [0.4, 0.5) is 4.79 Å². The van der Waals surface area contributed by atoms with Crippen LogP contribution < -0.4 is 0 Å². The lowest BCUT2D eigenvalue weighted by Crippen LogP contribution is -2.24.